The molecule has 0 radical (unpaired) electrons. The molecule has 1 aliphatic carbocycles. The van der Waals surface area contributed by atoms with Gasteiger partial charge in [0.25, 0.3) is 5.91 Å². The number of thiazole rings is 1. The first-order valence-electron chi connectivity index (χ1n) is 5.53. The summed E-state index contributed by atoms with van der Waals surface area (Å²) >= 11 is 1.43. The van der Waals surface area contributed by atoms with Gasteiger partial charge in [0.1, 0.15) is 4.88 Å². The number of nitrogens with one attached hydrogen (secondary N) is 1. The van der Waals surface area contributed by atoms with Crippen molar-refractivity contribution in [1.82, 2.24) is 10.3 Å². The minimum atomic E-state index is -0.0723. The van der Waals surface area contributed by atoms with E-state index in [1.165, 1.54) is 11.3 Å². The van der Waals surface area contributed by atoms with Crippen molar-refractivity contribution in [2.24, 2.45) is 5.41 Å². The number of aliphatic hydroxyl groups is 1. The molecule has 1 aliphatic rings. The summed E-state index contributed by atoms with van der Waals surface area (Å²) in [6.07, 6.45) is 4.50. The highest BCUT2D eigenvalue weighted by atomic mass is 32.1. The van der Waals surface area contributed by atoms with Gasteiger partial charge in [-0.2, -0.15) is 0 Å². The minimum Gasteiger partial charge on any atom is -0.396 e. The van der Waals surface area contributed by atoms with Crippen LogP contribution in [-0.4, -0.2) is 29.1 Å². The maximum absolute atomic E-state index is 11.7. The topological polar surface area (TPSA) is 62.2 Å². The smallest absolute Gasteiger partial charge is 0.263 e. The van der Waals surface area contributed by atoms with E-state index in [0.717, 1.165) is 24.3 Å². The summed E-state index contributed by atoms with van der Waals surface area (Å²) in [6.45, 7) is 2.75. The number of hydrogen-bond acceptors (Lipinski definition) is 4. The van der Waals surface area contributed by atoms with E-state index >= 15 is 0 Å². The van der Waals surface area contributed by atoms with Crippen LogP contribution in [0, 0.1) is 5.41 Å². The third-order valence-corrected chi connectivity index (χ3v) is 4.14. The maximum Gasteiger partial charge on any atom is 0.263 e. The fourth-order valence-corrected chi connectivity index (χ4v) is 2.28. The Bertz CT molecular complexity index is 385. The standard InChI is InChI=1S/C11H16N2O2S/c1-2-9-12-5-8(16-9)10(15)13-6-11(7-14)3-4-11/h5,14H,2-4,6-7H2,1H3,(H,13,15). The molecule has 0 unspecified atom stereocenters. The Kier molecular flexibility index (Phi) is 3.25. The molecule has 1 saturated carbocycles. The molecule has 2 rings (SSSR count). The van der Waals surface area contributed by atoms with Crippen molar-refractivity contribution in [3.05, 3.63) is 16.1 Å². The van der Waals surface area contributed by atoms with Gasteiger partial charge in [0.05, 0.1) is 17.8 Å². The first-order chi connectivity index (χ1) is 7.69. The molecule has 1 amide bonds. The van der Waals surface area contributed by atoms with E-state index in [2.05, 4.69) is 10.3 Å². The number of aryl methyl sites for hydroxylation is 1. The summed E-state index contributed by atoms with van der Waals surface area (Å²) in [5.74, 6) is -0.0723. The van der Waals surface area contributed by atoms with Crippen LogP contribution in [0.4, 0.5) is 0 Å². The number of carbonyl (C=O) groups is 1. The number of hydrogen-bond donors (Lipinski definition) is 2. The molecular weight excluding hydrogens is 224 g/mol. The van der Waals surface area contributed by atoms with Crippen LogP contribution in [0.5, 0.6) is 0 Å². The van der Waals surface area contributed by atoms with Crippen LogP contribution in [-0.2, 0) is 6.42 Å². The first kappa shape index (κ1) is 11.5. The minimum absolute atomic E-state index is 0.0338. The molecule has 16 heavy (non-hydrogen) atoms. The third-order valence-electron chi connectivity index (χ3n) is 3.00. The van der Waals surface area contributed by atoms with Crippen LogP contribution in [0.25, 0.3) is 0 Å². The third kappa shape index (κ3) is 2.41. The lowest BCUT2D eigenvalue weighted by atomic mass is 10.1. The van der Waals surface area contributed by atoms with Crippen molar-refractivity contribution in [3.63, 3.8) is 0 Å². The van der Waals surface area contributed by atoms with E-state index < -0.39 is 0 Å². The molecule has 0 saturated heterocycles. The highest BCUT2D eigenvalue weighted by molar-refractivity contribution is 7.13. The van der Waals surface area contributed by atoms with Gasteiger partial charge in [-0.15, -0.1) is 11.3 Å². The van der Waals surface area contributed by atoms with Crippen LogP contribution in [0.3, 0.4) is 0 Å². The van der Waals surface area contributed by atoms with Gasteiger partial charge in [-0.25, -0.2) is 4.98 Å². The largest absolute Gasteiger partial charge is 0.396 e. The highest BCUT2D eigenvalue weighted by Crippen LogP contribution is 2.44. The van der Waals surface area contributed by atoms with Gasteiger partial charge in [-0.1, -0.05) is 6.92 Å². The molecule has 88 valence electrons. The molecule has 1 heterocycles. The molecule has 5 heteroatoms. The van der Waals surface area contributed by atoms with Gasteiger partial charge >= 0.3 is 0 Å². The molecular formula is C11H16N2O2S. The first-order valence-corrected chi connectivity index (χ1v) is 6.34. The predicted octanol–water partition coefficient (Wildman–Crippen LogP) is 1.21. The lowest BCUT2D eigenvalue weighted by Crippen LogP contribution is -2.31. The van der Waals surface area contributed by atoms with Crippen molar-refractivity contribution in [2.75, 3.05) is 13.2 Å². The van der Waals surface area contributed by atoms with Crippen molar-refractivity contribution in [2.45, 2.75) is 26.2 Å². The highest BCUT2D eigenvalue weighted by Gasteiger charge is 2.42. The Morgan fingerprint density at radius 2 is 2.44 bits per heavy atom. The Morgan fingerprint density at radius 3 is 2.94 bits per heavy atom. The van der Waals surface area contributed by atoms with Gasteiger partial charge in [0, 0.05) is 12.0 Å². The van der Waals surface area contributed by atoms with E-state index in [1.54, 1.807) is 6.20 Å². The Morgan fingerprint density at radius 1 is 1.69 bits per heavy atom. The monoisotopic (exact) mass is 240 g/mol. The lowest BCUT2D eigenvalue weighted by Gasteiger charge is -2.11. The summed E-state index contributed by atoms with van der Waals surface area (Å²) in [5.41, 5.74) is -0.0338. The Hall–Kier alpha value is -0.940. The zero-order valence-electron chi connectivity index (χ0n) is 9.32. The molecule has 0 aliphatic heterocycles. The van der Waals surface area contributed by atoms with E-state index in [9.17, 15) is 4.79 Å². The second-order valence-corrected chi connectivity index (χ2v) is 5.43. The fraction of sp³-hybridized carbons (Fsp3) is 0.636. The van der Waals surface area contributed by atoms with Gasteiger partial charge in [0.15, 0.2) is 0 Å². The van der Waals surface area contributed by atoms with Crippen molar-refractivity contribution >= 4 is 17.2 Å². The van der Waals surface area contributed by atoms with Gasteiger partial charge < -0.3 is 10.4 Å². The van der Waals surface area contributed by atoms with Crippen molar-refractivity contribution in [3.8, 4) is 0 Å². The van der Waals surface area contributed by atoms with E-state index in [-0.39, 0.29) is 17.9 Å². The average Bonchev–Trinajstić information content (AvgIpc) is 2.94. The summed E-state index contributed by atoms with van der Waals surface area (Å²) < 4.78 is 0. The quantitative estimate of drug-likeness (QED) is 0.813. The molecule has 4 nitrogen and oxygen atoms in total. The molecule has 0 atom stereocenters. The van der Waals surface area contributed by atoms with Gasteiger partial charge in [-0.3, -0.25) is 4.79 Å². The van der Waals surface area contributed by atoms with E-state index in [4.69, 9.17) is 5.11 Å². The van der Waals surface area contributed by atoms with Gasteiger partial charge in [-0.05, 0) is 19.3 Å². The molecule has 0 bridgehead atoms. The number of aromatic nitrogens is 1. The summed E-state index contributed by atoms with van der Waals surface area (Å²) in [5, 5.41) is 13.0. The van der Waals surface area contributed by atoms with Crippen LogP contribution in [0.15, 0.2) is 6.20 Å². The average molecular weight is 240 g/mol. The van der Waals surface area contributed by atoms with E-state index in [1.807, 2.05) is 6.92 Å². The molecule has 1 aromatic rings. The number of carbonyl (C=O) groups excluding carboxylic acids is 1. The predicted molar refractivity (Wildman–Crippen MR) is 62.6 cm³/mol. The summed E-state index contributed by atoms with van der Waals surface area (Å²) in [7, 11) is 0. The van der Waals surface area contributed by atoms with Crippen LogP contribution >= 0.6 is 11.3 Å². The molecule has 2 N–H and O–H groups in total. The van der Waals surface area contributed by atoms with Crippen LogP contribution < -0.4 is 5.32 Å². The SMILES string of the molecule is CCc1ncc(C(=O)NCC2(CO)CC2)s1. The van der Waals surface area contributed by atoms with Crippen LogP contribution in [0.1, 0.15) is 34.4 Å². The molecule has 1 fully saturated rings. The van der Waals surface area contributed by atoms with E-state index in [0.29, 0.717) is 11.4 Å². The number of aliphatic hydroxyl groups excluding tert-OH is 1. The van der Waals surface area contributed by atoms with Crippen LogP contribution in [0.2, 0.25) is 0 Å². The lowest BCUT2D eigenvalue weighted by molar-refractivity contribution is 0.0939. The molecule has 1 aromatic heterocycles. The summed E-state index contributed by atoms with van der Waals surface area (Å²) in [6, 6.07) is 0. The summed E-state index contributed by atoms with van der Waals surface area (Å²) in [4.78, 5) is 16.5. The Balaban J connectivity index is 1.88. The second kappa shape index (κ2) is 4.51. The maximum atomic E-state index is 11.7. The normalized spacial score (nSPS) is 17.1. The zero-order chi connectivity index (χ0) is 11.6. The van der Waals surface area contributed by atoms with Crippen molar-refractivity contribution in [1.29, 1.82) is 0 Å². The molecule has 0 aromatic carbocycles. The zero-order valence-corrected chi connectivity index (χ0v) is 10.1. The number of rotatable bonds is 5. The number of nitrogens with zero attached hydrogens (tertiary/aromatic N) is 1. The Labute approximate surface area is 98.7 Å². The van der Waals surface area contributed by atoms with Gasteiger partial charge in [0.2, 0.25) is 0 Å². The molecule has 0 spiro atoms. The number of amides is 1. The van der Waals surface area contributed by atoms with Crippen molar-refractivity contribution < 1.29 is 9.90 Å². The fourth-order valence-electron chi connectivity index (χ4n) is 1.50. The second-order valence-electron chi connectivity index (χ2n) is 4.31.